The molecular formula is C32H30N8O2. The van der Waals surface area contributed by atoms with Crippen LogP contribution in [0.25, 0.3) is 27.7 Å². The molecule has 3 aliphatic heterocycles. The monoisotopic (exact) mass is 558 g/mol. The molecule has 8 heterocycles. The fraction of sp³-hybridized carbons (Fsp3) is 0.250. The van der Waals surface area contributed by atoms with Crippen molar-refractivity contribution in [1.29, 1.82) is 0 Å². The lowest BCUT2D eigenvalue weighted by atomic mass is 9.87. The Hall–Kier alpha value is -4.96. The standard InChI is InChI=1S/C32H30N8O2/c1-41-30-10-7-22(13-34-30)16-39-24-11-25(39)18-38(17-24)29-9-8-23(14-33-29)27-12-26(42-20-21-5-3-2-4-6-21)19-40-31(27)28-15-35-36-32(28)37-40/h2-10,12-15,19,24-25H,11,16-18,20H2,1H3,(H,36,37). The van der Waals surface area contributed by atoms with E-state index in [4.69, 9.17) is 19.6 Å². The highest BCUT2D eigenvalue weighted by Crippen LogP contribution is 2.37. The van der Waals surface area contributed by atoms with Gasteiger partial charge in [0.15, 0.2) is 5.65 Å². The van der Waals surface area contributed by atoms with E-state index in [0.717, 1.165) is 64.4 Å². The smallest absolute Gasteiger partial charge is 0.212 e. The number of pyridine rings is 3. The van der Waals surface area contributed by atoms with Crippen LogP contribution in [0.3, 0.4) is 0 Å². The minimum absolute atomic E-state index is 0.479. The van der Waals surface area contributed by atoms with E-state index in [2.05, 4.69) is 61.4 Å². The lowest BCUT2D eigenvalue weighted by Crippen LogP contribution is -2.68. The Morgan fingerprint density at radius 2 is 1.81 bits per heavy atom. The number of ether oxygens (including phenoxy) is 2. The maximum absolute atomic E-state index is 6.20. The topological polar surface area (TPSA) is 96.7 Å². The summed E-state index contributed by atoms with van der Waals surface area (Å²) in [4.78, 5) is 14.3. The molecule has 3 saturated heterocycles. The lowest BCUT2D eigenvalue weighted by Gasteiger charge is -2.56. The quantitative estimate of drug-likeness (QED) is 0.287. The van der Waals surface area contributed by atoms with Gasteiger partial charge in [-0.1, -0.05) is 36.4 Å². The number of nitrogens with zero attached hydrogens (tertiary/aromatic N) is 7. The van der Waals surface area contributed by atoms with Crippen LogP contribution in [0.4, 0.5) is 5.82 Å². The first kappa shape index (κ1) is 24.8. The van der Waals surface area contributed by atoms with Gasteiger partial charge in [0.1, 0.15) is 18.2 Å². The van der Waals surface area contributed by atoms with Gasteiger partial charge < -0.3 is 14.4 Å². The number of nitrogens with one attached hydrogen (secondary N) is 1. The highest BCUT2D eigenvalue weighted by atomic mass is 16.5. The second kappa shape index (κ2) is 10.1. The van der Waals surface area contributed by atoms with Crippen molar-refractivity contribution in [3.05, 3.63) is 96.6 Å². The van der Waals surface area contributed by atoms with Crippen LogP contribution in [0.2, 0.25) is 0 Å². The minimum Gasteiger partial charge on any atom is -0.487 e. The number of H-pyrrole nitrogens is 1. The van der Waals surface area contributed by atoms with Gasteiger partial charge in [-0.25, -0.2) is 14.5 Å². The predicted octanol–water partition coefficient (Wildman–Crippen LogP) is 4.72. The molecule has 0 aliphatic carbocycles. The molecule has 10 nitrogen and oxygen atoms in total. The van der Waals surface area contributed by atoms with Gasteiger partial charge in [-0.05, 0) is 35.7 Å². The lowest BCUT2D eigenvalue weighted by molar-refractivity contribution is -0.00876. The molecule has 1 N–H and O–H groups in total. The van der Waals surface area contributed by atoms with Crippen molar-refractivity contribution in [2.45, 2.75) is 31.7 Å². The summed E-state index contributed by atoms with van der Waals surface area (Å²) in [6.45, 7) is 3.33. The van der Waals surface area contributed by atoms with Gasteiger partial charge in [-0.15, -0.1) is 5.10 Å². The van der Waals surface area contributed by atoms with E-state index in [-0.39, 0.29) is 0 Å². The Bertz CT molecular complexity index is 1840. The second-order valence-electron chi connectivity index (χ2n) is 11.0. The summed E-state index contributed by atoms with van der Waals surface area (Å²) in [5, 5.41) is 12.9. The molecule has 2 bridgehead atoms. The molecule has 0 spiro atoms. The number of benzene rings is 1. The fourth-order valence-corrected chi connectivity index (χ4v) is 6.28. The van der Waals surface area contributed by atoms with Crippen molar-refractivity contribution in [3.63, 3.8) is 0 Å². The van der Waals surface area contributed by atoms with E-state index >= 15 is 0 Å². The fourth-order valence-electron chi connectivity index (χ4n) is 6.28. The number of rotatable bonds is 8. The molecule has 10 heteroatoms. The van der Waals surface area contributed by atoms with E-state index < -0.39 is 0 Å². The van der Waals surface area contributed by atoms with Gasteiger partial charge in [0, 0.05) is 61.3 Å². The van der Waals surface area contributed by atoms with Crippen LogP contribution in [-0.2, 0) is 13.2 Å². The Morgan fingerprint density at radius 3 is 2.57 bits per heavy atom. The third-order valence-corrected chi connectivity index (χ3v) is 8.45. The van der Waals surface area contributed by atoms with Crippen LogP contribution in [0.1, 0.15) is 17.5 Å². The maximum Gasteiger partial charge on any atom is 0.212 e. The molecule has 1 aromatic carbocycles. The molecule has 0 radical (unpaired) electrons. The normalized spacial score (nSPS) is 18.4. The number of methoxy groups -OCH3 is 1. The van der Waals surface area contributed by atoms with Crippen LogP contribution in [0.5, 0.6) is 11.6 Å². The van der Waals surface area contributed by atoms with E-state index in [1.165, 1.54) is 12.0 Å². The largest absolute Gasteiger partial charge is 0.487 e. The van der Waals surface area contributed by atoms with Crippen LogP contribution >= 0.6 is 0 Å². The molecule has 210 valence electrons. The first-order chi connectivity index (χ1) is 20.7. The molecule has 3 fully saturated rings. The van der Waals surface area contributed by atoms with Crippen molar-refractivity contribution in [1.82, 2.24) is 34.7 Å². The van der Waals surface area contributed by atoms with Gasteiger partial charge in [-0.3, -0.25) is 10.00 Å². The molecule has 5 aromatic heterocycles. The Kier molecular flexibility index (Phi) is 5.99. The molecule has 2 unspecified atom stereocenters. The number of hydrogen-bond donors (Lipinski definition) is 1. The summed E-state index contributed by atoms with van der Waals surface area (Å²) in [5.74, 6) is 2.40. The van der Waals surface area contributed by atoms with Crippen LogP contribution in [0, 0.1) is 0 Å². The van der Waals surface area contributed by atoms with Crippen molar-refractivity contribution in [2.75, 3.05) is 25.1 Å². The van der Waals surface area contributed by atoms with E-state index in [1.807, 2.05) is 53.6 Å². The Labute approximate surface area is 242 Å². The van der Waals surface area contributed by atoms with Gasteiger partial charge >= 0.3 is 0 Å². The zero-order valence-electron chi connectivity index (χ0n) is 23.2. The van der Waals surface area contributed by atoms with E-state index in [0.29, 0.717) is 24.6 Å². The number of aromatic nitrogens is 6. The average Bonchev–Trinajstić information content (AvgIpc) is 3.65. The van der Waals surface area contributed by atoms with Crippen molar-refractivity contribution < 1.29 is 9.47 Å². The summed E-state index contributed by atoms with van der Waals surface area (Å²) >= 11 is 0. The molecule has 9 rings (SSSR count). The van der Waals surface area contributed by atoms with Crippen molar-refractivity contribution in [2.24, 2.45) is 0 Å². The highest BCUT2D eigenvalue weighted by Gasteiger charge is 2.44. The third-order valence-electron chi connectivity index (χ3n) is 8.45. The molecule has 0 amide bonds. The Morgan fingerprint density at radius 1 is 0.929 bits per heavy atom. The molecule has 42 heavy (non-hydrogen) atoms. The molecule has 0 saturated carbocycles. The summed E-state index contributed by atoms with van der Waals surface area (Å²) in [5.41, 5.74) is 6.05. The highest BCUT2D eigenvalue weighted by molar-refractivity contribution is 6.00. The van der Waals surface area contributed by atoms with Crippen LogP contribution in [-0.4, -0.2) is 67.0 Å². The summed E-state index contributed by atoms with van der Waals surface area (Å²) in [6, 6.07) is 21.6. The van der Waals surface area contributed by atoms with Gasteiger partial charge in [-0.2, -0.15) is 5.10 Å². The summed E-state index contributed by atoms with van der Waals surface area (Å²) in [6.07, 6.45) is 8.85. The number of piperazine rings is 1. The number of anilines is 1. The van der Waals surface area contributed by atoms with Gasteiger partial charge in [0.05, 0.1) is 30.4 Å². The van der Waals surface area contributed by atoms with Crippen molar-refractivity contribution in [3.8, 4) is 22.8 Å². The number of aromatic amines is 1. The van der Waals surface area contributed by atoms with Crippen LogP contribution in [0.15, 0.2) is 85.5 Å². The van der Waals surface area contributed by atoms with Gasteiger partial charge in [0.25, 0.3) is 0 Å². The van der Waals surface area contributed by atoms with Gasteiger partial charge in [0.2, 0.25) is 5.88 Å². The van der Waals surface area contributed by atoms with Crippen LogP contribution < -0.4 is 14.4 Å². The van der Waals surface area contributed by atoms with Crippen molar-refractivity contribution >= 4 is 22.4 Å². The molecular weight excluding hydrogens is 528 g/mol. The minimum atomic E-state index is 0.479. The van der Waals surface area contributed by atoms with E-state index in [9.17, 15) is 0 Å². The average molecular weight is 559 g/mol. The molecule has 6 aromatic rings. The second-order valence-corrected chi connectivity index (χ2v) is 11.0. The molecule has 3 aliphatic rings. The molecule has 2 atom stereocenters. The first-order valence-corrected chi connectivity index (χ1v) is 14.2. The first-order valence-electron chi connectivity index (χ1n) is 14.2. The summed E-state index contributed by atoms with van der Waals surface area (Å²) in [7, 11) is 1.65. The SMILES string of the molecule is COc1ccc(CN2C3CC2CN(c2ccc(-c4cc(OCc5ccccc5)cn5nc6[nH]ncc6c45)cn2)C3)cn1. The maximum atomic E-state index is 6.20. The zero-order valence-corrected chi connectivity index (χ0v) is 23.2. The number of fused-ring (bicyclic) bond motifs is 5. The predicted molar refractivity (Wildman–Crippen MR) is 160 cm³/mol. The van der Waals surface area contributed by atoms with E-state index in [1.54, 1.807) is 7.11 Å². The number of hydrogen-bond acceptors (Lipinski definition) is 8. The Balaban J connectivity index is 1.02. The summed E-state index contributed by atoms with van der Waals surface area (Å²) < 4.78 is 13.3. The zero-order chi connectivity index (χ0) is 28.0. The number of piperidine rings is 1. The third kappa shape index (κ3) is 4.40.